The van der Waals surface area contributed by atoms with Gasteiger partial charge in [-0.2, -0.15) is 0 Å². The van der Waals surface area contributed by atoms with Gasteiger partial charge in [-0.3, -0.25) is 4.72 Å². The fourth-order valence-electron chi connectivity index (χ4n) is 1.83. The van der Waals surface area contributed by atoms with E-state index >= 15 is 0 Å². The molecule has 0 saturated carbocycles. The van der Waals surface area contributed by atoms with Crippen molar-refractivity contribution in [2.75, 3.05) is 11.3 Å². The van der Waals surface area contributed by atoms with Gasteiger partial charge in [0.1, 0.15) is 5.01 Å². The maximum atomic E-state index is 12.4. The van der Waals surface area contributed by atoms with Gasteiger partial charge in [-0.1, -0.05) is 29.0 Å². The fourth-order valence-corrected chi connectivity index (χ4v) is 4.28. The minimum atomic E-state index is -3.74. The molecule has 9 heteroatoms. The van der Waals surface area contributed by atoms with Crippen LogP contribution in [0.25, 0.3) is 0 Å². The van der Waals surface area contributed by atoms with Gasteiger partial charge in [0, 0.05) is 11.4 Å². The molecule has 23 heavy (non-hydrogen) atoms. The molecule has 0 aliphatic heterocycles. The third kappa shape index (κ3) is 4.87. The molecule has 0 saturated heterocycles. The van der Waals surface area contributed by atoms with Crippen LogP contribution >= 0.6 is 22.9 Å². The number of rotatable bonds is 7. The van der Waals surface area contributed by atoms with Crippen molar-refractivity contribution in [3.05, 3.63) is 33.8 Å². The van der Waals surface area contributed by atoms with Gasteiger partial charge >= 0.3 is 0 Å². The predicted molar refractivity (Wildman–Crippen MR) is 91.7 cm³/mol. The van der Waals surface area contributed by atoms with Gasteiger partial charge < -0.3 is 4.74 Å². The number of nitrogens with zero attached hydrogens (tertiary/aromatic N) is 2. The molecule has 0 atom stereocenters. The summed E-state index contributed by atoms with van der Waals surface area (Å²) < 4.78 is 32.7. The lowest BCUT2D eigenvalue weighted by molar-refractivity contribution is 0.0812. The summed E-state index contributed by atoms with van der Waals surface area (Å²) in [6.45, 7) is 6.08. The van der Waals surface area contributed by atoms with Crippen molar-refractivity contribution in [3.63, 3.8) is 0 Å². The summed E-state index contributed by atoms with van der Waals surface area (Å²) >= 11 is 7.17. The minimum absolute atomic E-state index is 0.130. The molecule has 0 fully saturated rings. The number of ether oxygens (including phenoxy) is 1. The summed E-state index contributed by atoms with van der Waals surface area (Å²) in [6.07, 6.45) is 0.736. The van der Waals surface area contributed by atoms with Crippen LogP contribution in [0.3, 0.4) is 0 Å². The van der Waals surface area contributed by atoms with Crippen molar-refractivity contribution in [3.8, 4) is 0 Å². The Labute approximate surface area is 144 Å². The van der Waals surface area contributed by atoms with Crippen LogP contribution in [-0.2, 0) is 21.2 Å². The highest BCUT2D eigenvalue weighted by Gasteiger charge is 2.20. The van der Waals surface area contributed by atoms with Gasteiger partial charge in [0.2, 0.25) is 5.13 Å². The molecule has 126 valence electrons. The lowest BCUT2D eigenvalue weighted by Gasteiger charge is -2.08. The third-order valence-electron chi connectivity index (χ3n) is 2.96. The number of sulfonamides is 1. The van der Waals surface area contributed by atoms with Crippen LogP contribution < -0.4 is 4.72 Å². The Morgan fingerprint density at radius 3 is 2.78 bits per heavy atom. The summed E-state index contributed by atoms with van der Waals surface area (Å²) in [6, 6.07) is 4.74. The molecular formula is C14H18ClN3O3S2. The molecule has 0 aliphatic rings. The second-order valence-electron chi connectivity index (χ2n) is 5.14. The summed E-state index contributed by atoms with van der Waals surface area (Å²) in [7, 11) is -3.74. The Balaban J connectivity index is 2.09. The molecule has 1 aromatic heterocycles. The number of hydrogen-bond acceptors (Lipinski definition) is 6. The van der Waals surface area contributed by atoms with Gasteiger partial charge in [-0.05, 0) is 38.5 Å². The van der Waals surface area contributed by atoms with Crippen LogP contribution in [0.1, 0.15) is 24.4 Å². The molecule has 0 aliphatic carbocycles. The molecule has 0 radical (unpaired) electrons. The molecular weight excluding hydrogens is 358 g/mol. The maximum Gasteiger partial charge on any atom is 0.264 e. The summed E-state index contributed by atoms with van der Waals surface area (Å²) in [4.78, 5) is 0.130. The lowest BCUT2D eigenvalue weighted by Crippen LogP contribution is -2.14. The zero-order valence-corrected chi connectivity index (χ0v) is 15.4. The maximum absolute atomic E-state index is 12.4. The highest BCUT2D eigenvalue weighted by atomic mass is 35.5. The number of nitrogens with one attached hydrogen (secondary N) is 1. The Kier molecular flexibility index (Phi) is 5.96. The smallest absolute Gasteiger partial charge is 0.264 e. The molecule has 0 spiro atoms. The van der Waals surface area contributed by atoms with E-state index in [1.165, 1.54) is 17.4 Å². The van der Waals surface area contributed by atoms with E-state index in [1.807, 2.05) is 13.8 Å². The second-order valence-corrected chi connectivity index (χ2v) is 8.26. The third-order valence-corrected chi connectivity index (χ3v) is 5.88. The minimum Gasteiger partial charge on any atom is -0.378 e. The Morgan fingerprint density at radius 1 is 1.35 bits per heavy atom. The van der Waals surface area contributed by atoms with Crippen LogP contribution in [0.2, 0.25) is 5.02 Å². The topological polar surface area (TPSA) is 81.2 Å². The average molecular weight is 376 g/mol. The number of halogens is 1. The van der Waals surface area contributed by atoms with E-state index in [0.29, 0.717) is 28.6 Å². The Hall–Kier alpha value is -1.22. The normalized spacial score (nSPS) is 11.9. The molecule has 2 rings (SSSR count). The van der Waals surface area contributed by atoms with E-state index in [9.17, 15) is 8.42 Å². The first kappa shape index (κ1) is 18.1. The van der Waals surface area contributed by atoms with Gasteiger partial charge in [0.15, 0.2) is 0 Å². The highest BCUT2D eigenvalue weighted by molar-refractivity contribution is 7.93. The molecule has 2 aromatic rings. The number of hydrogen-bond donors (Lipinski definition) is 1. The summed E-state index contributed by atoms with van der Waals surface area (Å²) in [5, 5.41) is 9.17. The molecule has 1 aromatic carbocycles. The van der Waals surface area contributed by atoms with Crippen molar-refractivity contribution < 1.29 is 13.2 Å². The highest BCUT2D eigenvalue weighted by Crippen LogP contribution is 2.26. The number of benzene rings is 1. The Bertz CT molecular complexity index is 775. The lowest BCUT2D eigenvalue weighted by atomic mass is 10.2. The predicted octanol–water partition coefficient (Wildman–Crippen LogP) is 3.27. The average Bonchev–Trinajstić information content (AvgIpc) is 2.88. The molecule has 0 bridgehead atoms. The van der Waals surface area contributed by atoms with Crippen LogP contribution in [0.5, 0.6) is 0 Å². The van der Waals surface area contributed by atoms with Gasteiger partial charge in [-0.15, -0.1) is 10.2 Å². The van der Waals surface area contributed by atoms with Crippen molar-refractivity contribution in [2.45, 2.75) is 38.2 Å². The second kappa shape index (κ2) is 7.57. The van der Waals surface area contributed by atoms with Gasteiger partial charge in [0.05, 0.1) is 17.6 Å². The van der Waals surface area contributed by atoms with E-state index in [-0.39, 0.29) is 16.1 Å². The van der Waals surface area contributed by atoms with Crippen molar-refractivity contribution in [1.82, 2.24) is 10.2 Å². The largest absolute Gasteiger partial charge is 0.378 e. The summed E-state index contributed by atoms with van der Waals surface area (Å²) in [5.41, 5.74) is 0.497. The standard InChI is InChI=1S/C14H18ClN3O3S2/c1-9(2)21-8-7-13-16-17-14(22-13)18-23(19,20)12-6-4-5-11(15)10(12)3/h4-6,9H,7-8H2,1-3H3,(H,17,18). The zero-order valence-electron chi connectivity index (χ0n) is 13.0. The van der Waals surface area contributed by atoms with E-state index in [4.69, 9.17) is 16.3 Å². The zero-order chi connectivity index (χ0) is 17.0. The molecule has 1 N–H and O–H groups in total. The molecule has 0 unspecified atom stereocenters. The van der Waals surface area contributed by atoms with Gasteiger partial charge in [0.25, 0.3) is 10.0 Å². The van der Waals surface area contributed by atoms with Crippen molar-refractivity contribution in [1.29, 1.82) is 0 Å². The van der Waals surface area contributed by atoms with E-state index < -0.39 is 10.0 Å². The van der Waals surface area contributed by atoms with Crippen LogP contribution in [-0.4, -0.2) is 31.3 Å². The summed E-state index contributed by atoms with van der Waals surface area (Å²) in [5.74, 6) is 0. The van der Waals surface area contributed by atoms with Gasteiger partial charge in [-0.25, -0.2) is 8.42 Å². The first-order valence-electron chi connectivity index (χ1n) is 7.01. The Morgan fingerprint density at radius 2 is 2.09 bits per heavy atom. The van der Waals surface area contributed by atoms with Crippen molar-refractivity contribution >= 4 is 38.1 Å². The first-order valence-corrected chi connectivity index (χ1v) is 9.69. The first-order chi connectivity index (χ1) is 10.8. The van der Waals surface area contributed by atoms with Crippen LogP contribution in [0.4, 0.5) is 5.13 Å². The molecule has 0 amide bonds. The molecule has 1 heterocycles. The van der Waals surface area contributed by atoms with E-state index in [1.54, 1.807) is 19.1 Å². The SMILES string of the molecule is Cc1c(Cl)cccc1S(=O)(=O)Nc1nnc(CCOC(C)C)s1. The quantitative estimate of drug-likeness (QED) is 0.803. The van der Waals surface area contributed by atoms with Crippen LogP contribution in [0.15, 0.2) is 23.1 Å². The van der Waals surface area contributed by atoms with Crippen LogP contribution in [0, 0.1) is 6.92 Å². The number of anilines is 1. The molecule has 6 nitrogen and oxygen atoms in total. The van der Waals surface area contributed by atoms with E-state index in [2.05, 4.69) is 14.9 Å². The number of aromatic nitrogens is 2. The van der Waals surface area contributed by atoms with Crippen molar-refractivity contribution in [2.24, 2.45) is 0 Å². The fraction of sp³-hybridized carbons (Fsp3) is 0.429. The van der Waals surface area contributed by atoms with E-state index in [0.717, 1.165) is 0 Å². The monoisotopic (exact) mass is 375 g/mol.